The van der Waals surface area contributed by atoms with Crippen molar-refractivity contribution < 1.29 is 17.9 Å². The van der Waals surface area contributed by atoms with E-state index >= 15 is 0 Å². The molecule has 2 aromatic carbocycles. The molecule has 1 fully saturated rings. The number of hydrogen-bond donors (Lipinski definition) is 1. The van der Waals surface area contributed by atoms with Crippen LogP contribution in [0.15, 0.2) is 42.5 Å². The van der Waals surface area contributed by atoms with Crippen molar-refractivity contribution in [3.8, 4) is 5.75 Å². The van der Waals surface area contributed by atoms with Crippen molar-refractivity contribution in [3.05, 3.63) is 64.2 Å². The third-order valence-corrected chi connectivity index (χ3v) is 5.11. The fourth-order valence-electron chi connectivity index (χ4n) is 3.46. The van der Waals surface area contributed by atoms with Crippen LogP contribution in [-0.2, 0) is 6.18 Å². The van der Waals surface area contributed by atoms with Crippen LogP contribution in [0.2, 0.25) is 5.02 Å². The molecule has 1 saturated heterocycles. The molecule has 3 rings (SSSR count). The second-order valence-electron chi connectivity index (χ2n) is 6.55. The van der Waals surface area contributed by atoms with Crippen molar-refractivity contribution >= 4 is 11.6 Å². The van der Waals surface area contributed by atoms with E-state index in [1.165, 1.54) is 12.1 Å². The van der Waals surface area contributed by atoms with Gasteiger partial charge < -0.3 is 10.1 Å². The minimum Gasteiger partial charge on any atom is -0.497 e. The maximum absolute atomic E-state index is 13.4. The zero-order chi connectivity index (χ0) is 19.4. The lowest BCUT2D eigenvalue weighted by atomic mass is 9.95. The normalized spacial score (nSPS) is 17.4. The lowest BCUT2D eigenvalue weighted by molar-refractivity contribution is -0.137. The van der Waals surface area contributed by atoms with Crippen LogP contribution in [0, 0.1) is 0 Å². The number of methoxy groups -OCH3 is 1. The van der Waals surface area contributed by atoms with Crippen LogP contribution in [-0.4, -0.2) is 38.2 Å². The lowest BCUT2D eigenvalue weighted by Crippen LogP contribution is -2.33. The number of hydrogen-bond acceptors (Lipinski definition) is 3. The average molecular weight is 399 g/mol. The van der Waals surface area contributed by atoms with Crippen LogP contribution >= 0.6 is 11.6 Å². The molecule has 7 heteroatoms. The molecule has 1 aliphatic rings. The Morgan fingerprint density at radius 1 is 1.04 bits per heavy atom. The molecule has 0 bridgehead atoms. The number of alkyl halides is 3. The lowest BCUT2D eigenvalue weighted by Gasteiger charge is -2.32. The molecule has 146 valence electrons. The number of rotatable bonds is 4. The SMILES string of the molecule is COc1ccc(C(c2ccc(Cl)c(C(F)(F)F)c2)N2CCCNCC2)cc1. The zero-order valence-electron chi connectivity index (χ0n) is 15.0. The van der Waals surface area contributed by atoms with E-state index in [0.29, 0.717) is 11.3 Å². The van der Waals surface area contributed by atoms with Gasteiger partial charge in [-0.2, -0.15) is 13.2 Å². The number of halogens is 4. The average Bonchev–Trinajstić information content (AvgIpc) is 2.92. The maximum Gasteiger partial charge on any atom is 0.417 e. The second kappa shape index (κ2) is 8.50. The molecule has 1 heterocycles. The number of nitrogens with zero attached hydrogens (tertiary/aromatic N) is 1. The molecule has 0 aliphatic carbocycles. The van der Waals surface area contributed by atoms with Crippen LogP contribution in [0.4, 0.5) is 13.2 Å². The standard InChI is InChI=1S/C20H22ClF3N2O/c1-27-16-6-3-14(4-7-16)19(26-11-2-9-25-10-12-26)15-5-8-18(21)17(13-15)20(22,23)24/h3-8,13,19,25H,2,9-12H2,1H3. The van der Waals surface area contributed by atoms with Crippen molar-refractivity contribution in [3.63, 3.8) is 0 Å². The summed E-state index contributed by atoms with van der Waals surface area (Å²) in [5, 5.41) is 3.05. The molecule has 0 spiro atoms. The van der Waals surface area contributed by atoms with E-state index in [0.717, 1.165) is 38.2 Å². The number of ether oxygens (including phenoxy) is 1. The first kappa shape index (κ1) is 20.0. The Morgan fingerprint density at radius 2 is 1.74 bits per heavy atom. The highest BCUT2D eigenvalue weighted by Crippen LogP contribution is 2.38. The Labute approximate surface area is 162 Å². The van der Waals surface area contributed by atoms with E-state index in [9.17, 15) is 13.2 Å². The van der Waals surface area contributed by atoms with Crippen molar-refractivity contribution in [2.75, 3.05) is 33.3 Å². The molecular weight excluding hydrogens is 377 g/mol. The van der Waals surface area contributed by atoms with Crippen LogP contribution < -0.4 is 10.1 Å². The summed E-state index contributed by atoms with van der Waals surface area (Å²) in [4.78, 5) is 2.21. The first-order valence-corrected chi connectivity index (χ1v) is 9.23. The highest BCUT2D eigenvalue weighted by atomic mass is 35.5. The van der Waals surface area contributed by atoms with Crippen LogP contribution in [0.3, 0.4) is 0 Å². The minimum absolute atomic E-state index is 0.280. The largest absolute Gasteiger partial charge is 0.497 e. The van der Waals surface area contributed by atoms with E-state index in [-0.39, 0.29) is 11.1 Å². The summed E-state index contributed by atoms with van der Waals surface area (Å²) in [5.74, 6) is 0.710. The van der Waals surface area contributed by atoms with Gasteiger partial charge in [0.15, 0.2) is 0 Å². The van der Waals surface area contributed by atoms with Gasteiger partial charge in [0.2, 0.25) is 0 Å². The van der Waals surface area contributed by atoms with E-state index in [4.69, 9.17) is 16.3 Å². The van der Waals surface area contributed by atoms with Crippen LogP contribution in [0.5, 0.6) is 5.75 Å². The highest BCUT2D eigenvalue weighted by Gasteiger charge is 2.34. The Bertz CT molecular complexity index is 757. The Kier molecular flexibility index (Phi) is 6.29. The molecule has 27 heavy (non-hydrogen) atoms. The fourth-order valence-corrected chi connectivity index (χ4v) is 3.68. The van der Waals surface area contributed by atoms with Crippen molar-refractivity contribution in [2.24, 2.45) is 0 Å². The van der Waals surface area contributed by atoms with E-state index in [2.05, 4.69) is 10.2 Å². The summed E-state index contributed by atoms with van der Waals surface area (Å²) in [6, 6.07) is 11.4. The van der Waals surface area contributed by atoms with Crippen molar-refractivity contribution in [1.82, 2.24) is 10.2 Å². The van der Waals surface area contributed by atoms with E-state index in [1.807, 2.05) is 24.3 Å². The van der Waals surface area contributed by atoms with E-state index < -0.39 is 11.7 Å². The molecule has 3 nitrogen and oxygen atoms in total. The topological polar surface area (TPSA) is 24.5 Å². The van der Waals surface area contributed by atoms with Crippen molar-refractivity contribution in [1.29, 1.82) is 0 Å². The summed E-state index contributed by atoms with van der Waals surface area (Å²) >= 11 is 5.82. The minimum atomic E-state index is -4.49. The Hall–Kier alpha value is -1.76. The van der Waals surface area contributed by atoms with Gasteiger partial charge in [-0.25, -0.2) is 0 Å². The van der Waals surface area contributed by atoms with Gasteiger partial charge in [0.05, 0.1) is 23.7 Å². The number of benzene rings is 2. The summed E-state index contributed by atoms with van der Waals surface area (Å²) < 4.78 is 45.3. The summed E-state index contributed by atoms with van der Waals surface area (Å²) in [5.41, 5.74) is 0.708. The molecule has 0 amide bonds. The fraction of sp³-hybridized carbons (Fsp3) is 0.400. The Morgan fingerprint density at radius 3 is 2.41 bits per heavy atom. The van der Waals surface area contributed by atoms with E-state index in [1.54, 1.807) is 13.2 Å². The van der Waals surface area contributed by atoms with Gasteiger partial charge in [-0.1, -0.05) is 29.8 Å². The monoisotopic (exact) mass is 398 g/mol. The van der Waals surface area contributed by atoms with Gasteiger partial charge in [-0.15, -0.1) is 0 Å². The predicted molar refractivity (Wildman–Crippen MR) is 100 cm³/mol. The smallest absolute Gasteiger partial charge is 0.417 e. The maximum atomic E-state index is 13.4. The molecule has 1 N–H and O–H groups in total. The first-order chi connectivity index (χ1) is 12.9. The second-order valence-corrected chi connectivity index (χ2v) is 6.96. The Balaban J connectivity index is 2.05. The third kappa shape index (κ3) is 4.75. The van der Waals surface area contributed by atoms with Gasteiger partial charge in [-0.3, -0.25) is 4.90 Å². The van der Waals surface area contributed by atoms with Gasteiger partial charge in [-0.05, 0) is 48.4 Å². The van der Waals surface area contributed by atoms with Crippen molar-refractivity contribution in [2.45, 2.75) is 18.6 Å². The van der Waals surface area contributed by atoms with Gasteiger partial charge in [0, 0.05) is 19.6 Å². The quantitative estimate of drug-likeness (QED) is 0.804. The molecule has 0 saturated carbocycles. The molecule has 0 aromatic heterocycles. The molecule has 1 unspecified atom stereocenters. The predicted octanol–water partition coefficient (Wildman–Crippen LogP) is 4.75. The molecule has 1 atom stereocenters. The molecule has 0 radical (unpaired) electrons. The third-order valence-electron chi connectivity index (χ3n) is 4.78. The molecule has 1 aliphatic heterocycles. The van der Waals surface area contributed by atoms with Gasteiger partial charge >= 0.3 is 6.18 Å². The van der Waals surface area contributed by atoms with Crippen LogP contribution in [0.25, 0.3) is 0 Å². The molecule has 2 aromatic rings. The highest BCUT2D eigenvalue weighted by molar-refractivity contribution is 6.31. The van der Waals surface area contributed by atoms with Gasteiger partial charge in [0.1, 0.15) is 5.75 Å². The zero-order valence-corrected chi connectivity index (χ0v) is 15.8. The summed E-state index contributed by atoms with van der Waals surface area (Å²) in [7, 11) is 1.59. The first-order valence-electron chi connectivity index (χ1n) is 8.85. The van der Waals surface area contributed by atoms with Gasteiger partial charge in [0.25, 0.3) is 0 Å². The number of nitrogens with one attached hydrogen (secondary N) is 1. The van der Waals surface area contributed by atoms with Crippen LogP contribution in [0.1, 0.15) is 29.2 Å². The summed E-state index contributed by atoms with van der Waals surface area (Å²) in [6.07, 6.45) is -3.55. The summed E-state index contributed by atoms with van der Waals surface area (Å²) in [6.45, 7) is 3.25. The molecular formula is C20H22ClF3N2O.